The molecule has 0 spiro atoms. The van der Waals surface area contributed by atoms with Crippen LogP contribution in [0.25, 0.3) is 0 Å². The van der Waals surface area contributed by atoms with E-state index in [9.17, 15) is 4.79 Å². The van der Waals surface area contributed by atoms with Crippen molar-refractivity contribution in [2.24, 2.45) is 0 Å². The molecule has 1 N–H and O–H groups in total. The number of methoxy groups -OCH3 is 1. The van der Waals surface area contributed by atoms with Crippen LogP contribution in [0.4, 0.5) is 4.79 Å². The van der Waals surface area contributed by atoms with Crippen molar-refractivity contribution < 1.29 is 23.7 Å². The highest BCUT2D eigenvalue weighted by Crippen LogP contribution is 2.27. The summed E-state index contributed by atoms with van der Waals surface area (Å²) in [5.74, 6) is 2.24. The van der Waals surface area contributed by atoms with Gasteiger partial charge in [0.25, 0.3) is 0 Å². The molecule has 0 aliphatic rings. The molecule has 2 aromatic rings. The van der Waals surface area contributed by atoms with Crippen molar-refractivity contribution in [3.63, 3.8) is 0 Å². The summed E-state index contributed by atoms with van der Waals surface area (Å²) in [4.78, 5) is 11.7. The Labute approximate surface area is 166 Å². The highest BCUT2D eigenvalue weighted by Gasteiger charge is 2.15. The third-order valence-corrected chi connectivity index (χ3v) is 3.72. The van der Waals surface area contributed by atoms with E-state index < -0.39 is 11.7 Å². The van der Waals surface area contributed by atoms with E-state index in [4.69, 9.17) is 18.9 Å². The first-order valence-electron chi connectivity index (χ1n) is 9.23. The lowest BCUT2D eigenvalue weighted by molar-refractivity contribution is 0.0510. The number of benzene rings is 2. The van der Waals surface area contributed by atoms with Crippen molar-refractivity contribution in [2.75, 3.05) is 20.4 Å². The molecule has 0 aliphatic carbocycles. The molecule has 6 nitrogen and oxygen atoms in total. The fourth-order valence-electron chi connectivity index (χ4n) is 2.46. The van der Waals surface area contributed by atoms with Crippen LogP contribution in [0.3, 0.4) is 0 Å². The third kappa shape index (κ3) is 7.48. The van der Waals surface area contributed by atoms with Crippen LogP contribution in [0, 0.1) is 6.92 Å². The van der Waals surface area contributed by atoms with Crippen molar-refractivity contribution in [2.45, 2.75) is 39.7 Å². The second-order valence-electron chi connectivity index (χ2n) is 7.40. The van der Waals surface area contributed by atoms with Gasteiger partial charge in [-0.25, -0.2) is 4.79 Å². The molecule has 0 saturated carbocycles. The van der Waals surface area contributed by atoms with E-state index in [1.807, 2.05) is 64.1 Å². The Morgan fingerprint density at radius 1 is 1.04 bits per heavy atom. The quantitative estimate of drug-likeness (QED) is 0.657. The Bertz CT molecular complexity index is 765. The molecule has 0 heterocycles. The maximum absolute atomic E-state index is 11.7. The fraction of sp³-hybridized carbons (Fsp3) is 0.409. The first-order valence-corrected chi connectivity index (χ1v) is 9.23. The van der Waals surface area contributed by atoms with Crippen molar-refractivity contribution in [3.8, 4) is 17.2 Å². The SMILES string of the molecule is COCOc1ccc(Oc2ccc(CCNC(=O)OC(C)(C)C)cc2C)cc1. The molecule has 0 radical (unpaired) electrons. The van der Waals surface area contributed by atoms with Crippen molar-refractivity contribution in [1.82, 2.24) is 5.32 Å². The van der Waals surface area contributed by atoms with E-state index in [1.165, 1.54) is 0 Å². The van der Waals surface area contributed by atoms with E-state index in [2.05, 4.69) is 11.4 Å². The second kappa shape index (κ2) is 9.99. The molecule has 0 fully saturated rings. The number of hydrogen-bond donors (Lipinski definition) is 1. The van der Waals surface area contributed by atoms with E-state index in [1.54, 1.807) is 7.11 Å². The number of hydrogen-bond acceptors (Lipinski definition) is 5. The van der Waals surface area contributed by atoms with Crippen LogP contribution >= 0.6 is 0 Å². The fourth-order valence-corrected chi connectivity index (χ4v) is 2.46. The van der Waals surface area contributed by atoms with Crippen LogP contribution in [0.5, 0.6) is 17.2 Å². The number of rotatable bonds is 8. The standard InChI is InChI=1S/C22H29NO5/c1-16-14-17(12-13-23-21(24)28-22(2,3)4)6-11-20(16)27-19-9-7-18(8-10-19)26-15-25-5/h6-11,14H,12-13,15H2,1-5H3,(H,23,24). The third-order valence-electron chi connectivity index (χ3n) is 3.72. The first kappa shape index (κ1) is 21.6. The number of carbonyl (C=O) groups is 1. The van der Waals surface area contributed by atoms with Gasteiger partial charge in [-0.2, -0.15) is 0 Å². The Balaban J connectivity index is 1.87. The van der Waals surface area contributed by atoms with Gasteiger partial charge in [0.15, 0.2) is 6.79 Å². The zero-order chi connectivity index (χ0) is 20.6. The normalized spacial score (nSPS) is 11.0. The zero-order valence-corrected chi connectivity index (χ0v) is 17.2. The topological polar surface area (TPSA) is 66.0 Å². The van der Waals surface area contributed by atoms with Gasteiger partial charge in [-0.3, -0.25) is 0 Å². The van der Waals surface area contributed by atoms with Gasteiger partial charge in [-0.1, -0.05) is 12.1 Å². The van der Waals surface area contributed by atoms with Crippen LogP contribution in [0.2, 0.25) is 0 Å². The number of nitrogens with one attached hydrogen (secondary N) is 1. The van der Waals surface area contributed by atoms with Crippen molar-refractivity contribution in [1.29, 1.82) is 0 Å². The second-order valence-corrected chi connectivity index (χ2v) is 7.40. The summed E-state index contributed by atoms with van der Waals surface area (Å²) in [5.41, 5.74) is 1.65. The molecule has 152 valence electrons. The van der Waals surface area contributed by atoms with Gasteiger partial charge >= 0.3 is 6.09 Å². The molecule has 0 bridgehead atoms. The molecule has 0 atom stereocenters. The van der Waals surface area contributed by atoms with Gasteiger partial charge < -0.3 is 24.3 Å². The summed E-state index contributed by atoms with van der Waals surface area (Å²) in [6, 6.07) is 13.4. The van der Waals surface area contributed by atoms with Gasteiger partial charge in [-0.05, 0) is 75.6 Å². The zero-order valence-electron chi connectivity index (χ0n) is 17.2. The predicted octanol–water partition coefficient (Wildman–Crippen LogP) is 4.84. The first-order chi connectivity index (χ1) is 13.3. The minimum absolute atomic E-state index is 0.212. The molecule has 0 aromatic heterocycles. The van der Waals surface area contributed by atoms with Crippen LogP contribution in [0.1, 0.15) is 31.9 Å². The average Bonchev–Trinajstić information content (AvgIpc) is 2.62. The highest BCUT2D eigenvalue weighted by molar-refractivity contribution is 5.67. The van der Waals surface area contributed by atoms with Crippen LogP contribution in [-0.4, -0.2) is 32.1 Å². The van der Waals surface area contributed by atoms with E-state index >= 15 is 0 Å². The van der Waals surface area contributed by atoms with Crippen LogP contribution in [-0.2, 0) is 15.9 Å². The summed E-state index contributed by atoms with van der Waals surface area (Å²) in [6.07, 6.45) is 0.313. The Morgan fingerprint density at radius 2 is 1.71 bits per heavy atom. The molecule has 1 amide bonds. The molecule has 2 aromatic carbocycles. The molecular formula is C22H29NO5. The Morgan fingerprint density at radius 3 is 2.32 bits per heavy atom. The predicted molar refractivity (Wildman–Crippen MR) is 108 cm³/mol. The Hall–Kier alpha value is -2.73. The molecule has 2 rings (SSSR count). The lowest BCUT2D eigenvalue weighted by atomic mass is 10.1. The average molecular weight is 387 g/mol. The number of ether oxygens (including phenoxy) is 4. The van der Waals surface area contributed by atoms with Gasteiger partial charge in [0, 0.05) is 13.7 Å². The highest BCUT2D eigenvalue weighted by atomic mass is 16.7. The number of aryl methyl sites for hydroxylation is 1. The summed E-state index contributed by atoms with van der Waals surface area (Å²) in [6.45, 7) is 8.25. The molecule has 0 unspecified atom stereocenters. The van der Waals surface area contributed by atoms with E-state index in [-0.39, 0.29) is 6.79 Å². The maximum Gasteiger partial charge on any atom is 0.407 e. The number of carbonyl (C=O) groups excluding carboxylic acids is 1. The van der Waals surface area contributed by atoms with Gasteiger partial charge in [0.2, 0.25) is 0 Å². The monoisotopic (exact) mass is 387 g/mol. The van der Waals surface area contributed by atoms with Gasteiger partial charge in [-0.15, -0.1) is 0 Å². The number of alkyl carbamates (subject to hydrolysis) is 1. The van der Waals surface area contributed by atoms with Gasteiger partial charge in [0.05, 0.1) is 0 Å². The molecule has 6 heteroatoms. The molecular weight excluding hydrogens is 358 g/mol. The molecule has 0 saturated heterocycles. The molecule has 0 aliphatic heterocycles. The van der Waals surface area contributed by atoms with E-state index in [0.717, 1.165) is 28.4 Å². The minimum Gasteiger partial charge on any atom is -0.468 e. The number of amides is 1. The van der Waals surface area contributed by atoms with Gasteiger partial charge in [0.1, 0.15) is 22.8 Å². The minimum atomic E-state index is -0.492. The van der Waals surface area contributed by atoms with Crippen molar-refractivity contribution >= 4 is 6.09 Å². The largest absolute Gasteiger partial charge is 0.468 e. The summed E-state index contributed by atoms with van der Waals surface area (Å²) in [5, 5.41) is 2.77. The lowest BCUT2D eigenvalue weighted by Crippen LogP contribution is -2.33. The van der Waals surface area contributed by atoms with Crippen molar-refractivity contribution in [3.05, 3.63) is 53.6 Å². The summed E-state index contributed by atoms with van der Waals surface area (Å²) >= 11 is 0. The molecule has 28 heavy (non-hydrogen) atoms. The van der Waals surface area contributed by atoms with E-state index in [0.29, 0.717) is 13.0 Å². The smallest absolute Gasteiger partial charge is 0.407 e. The lowest BCUT2D eigenvalue weighted by Gasteiger charge is -2.19. The van der Waals surface area contributed by atoms with Crippen LogP contribution < -0.4 is 14.8 Å². The summed E-state index contributed by atoms with van der Waals surface area (Å²) in [7, 11) is 1.58. The maximum atomic E-state index is 11.7. The van der Waals surface area contributed by atoms with Crippen LogP contribution in [0.15, 0.2) is 42.5 Å². The Kier molecular flexibility index (Phi) is 7.70. The summed E-state index contributed by atoms with van der Waals surface area (Å²) < 4.78 is 21.4.